The average molecular weight is 502 g/mol. The molecule has 0 aliphatic heterocycles. The Morgan fingerprint density at radius 3 is 2.76 bits per heavy atom. The van der Waals surface area contributed by atoms with Gasteiger partial charge in [0.15, 0.2) is 5.13 Å². The van der Waals surface area contributed by atoms with Gasteiger partial charge in [0.05, 0.1) is 22.5 Å². The summed E-state index contributed by atoms with van der Waals surface area (Å²) in [5.41, 5.74) is 0.178. The van der Waals surface area contributed by atoms with Crippen LogP contribution in [0.5, 0.6) is 0 Å². The Hall–Kier alpha value is -3.04. The van der Waals surface area contributed by atoms with Gasteiger partial charge in [-0.2, -0.15) is 0 Å². The number of fused-ring (bicyclic) bond motifs is 2. The van der Waals surface area contributed by atoms with Crippen molar-refractivity contribution in [2.45, 2.75) is 25.9 Å². The number of nitrogens with one attached hydrogen (secondary N) is 2. The number of para-hydroxylation sites is 1. The minimum atomic E-state index is -3.88. The molecule has 0 aliphatic rings. The van der Waals surface area contributed by atoms with Gasteiger partial charge in [-0.3, -0.25) is 9.36 Å². The Bertz CT molecular complexity index is 1420. The van der Waals surface area contributed by atoms with Gasteiger partial charge in [0.1, 0.15) is 11.1 Å². The van der Waals surface area contributed by atoms with Crippen LogP contribution in [0.2, 0.25) is 0 Å². The maximum absolute atomic E-state index is 12.7. The lowest BCUT2D eigenvalue weighted by Crippen LogP contribution is -2.34. The van der Waals surface area contributed by atoms with Gasteiger partial charge in [-0.05, 0) is 49.7 Å². The quantitative estimate of drug-likeness (QED) is 0.219. The van der Waals surface area contributed by atoms with E-state index in [9.17, 15) is 19.0 Å². The van der Waals surface area contributed by atoms with Gasteiger partial charge >= 0.3 is 13.2 Å². The van der Waals surface area contributed by atoms with E-state index in [4.69, 9.17) is 8.94 Å². The highest BCUT2D eigenvalue weighted by Gasteiger charge is 2.31. The van der Waals surface area contributed by atoms with E-state index in [2.05, 4.69) is 15.6 Å². The Balaban J connectivity index is 1.54. The zero-order valence-corrected chi connectivity index (χ0v) is 20.3. The molecule has 2 heterocycles. The molecule has 0 radical (unpaired) electrons. The van der Waals surface area contributed by atoms with E-state index in [-0.39, 0.29) is 18.7 Å². The Morgan fingerprint density at radius 2 is 2.03 bits per heavy atom. The smallest absolute Gasteiger partial charge is 0.349 e. The summed E-state index contributed by atoms with van der Waals surface area (Å²) >= 11 is 1.51. The summed E-state index contributed by atoms with van der Waals surface area (Å²) in [6, 6.07) is 14.4. The molecule has 4 rings (SSSR count). The summed E-state index contributed by atoms with van der Waals surface area (Å²) in [6.45, 7) is 3.32. The normalized spacial score (nSPS) is 14.1. The minimum absolute atomic E-state index is 0.0832. The van der Waals surface area contributed by atoms with Gasteiger partial charge in [0.2, 0.25) is 0 Å². The second kappa shape index (κ2) is 10.1. The molecule has 0 aliphatic carbocycles. The summed E-state index contributed by atoms with van der Waals surface area (Å²) < 4.78 is 23.6. The first-order chi connectivity index (χ1) is 16.3. The summed E-state index contributed by atoms with van der Waals surface area (Å²) in [5.74, 6) is -0.685. The van der Waals surface area contributed by atoms with Crippen molar-refractivity contribution in [1.82, 2.24) is 10.3 Å². The molecule has 0 fully saturated rings. The molecule has 178 valence electrons. The highest BCUT2D eigenvalue weighted by atomic mass is 32.1. The number of amides is 1. The van der Waals surface area contributed by atoms with E-state index >= 15 is 0 Å². The fourth-order valence-electron chi connectivity index (χ4n) is 3.50. The Morgan fingerprint density at radius 1 is 1.24 bits per heavy atom. The predicted molar refractivity (Wildman–Crippen MR) is 133 cm³/mol. The molecule has 4 aromatic rings. The van der Waals surface area contributed by atoms with Crippen molar-refractivity contribution in [3.05, 3.63) is 64.5 Å². The third-order valence-electron chi connectivity index (χ3n) is 5.27. The Kier molecular flexibility index (Phi) is 7.13. The lowest BCUT2D eigenvalue weighted by molar-refractivity contribution is 0.0949. The first-order valence-electron chi connectivity index (χ1n) is 10.8. The zero-order valence-electron chi connectivity index (χ0n) is 18.6. The molecule has 1 amide bonds. The van der Waals surface area contributed by atoms with Crippen molar-refractivity contribution < 1.29 is 23.2 Å². The van der Waals surface area contributed by atoms with Crippen molar-refractivity contribution in [1.29, 1.82) is 0 Å². The number of nitrogens with zero attached hydrogens (tertiary/aromatic N) is 1. The number of benzene rings is 2. The molecule has 2 atom stereocenters. The number of hydrogen-bond acceptors (Lipinski definition) is 8. The fraction of sp³-hybridized carbons (Fsp3) is 0.261. The monoisotopic (exact) mass is 501 g/mol. The van der Waals surface area contributed by atoms with Crippen LogP contribution < -0.4 is 16.3 Å². The van der Waals surface area contributed by atoms with Crippen molar-refractivity contribution in [2.24, 2.45) is 0 Å². The first-order valence-corrected chi connectivity index (χ1v) is 13.2. The third kappa shape index (κ3) is 5.20. The van der Waals surface area contributed by atoms with E-state index in [1.165, 1.54) is 17.4 Å². The Labute approximate surface area is 199 Å². The van der Waals surface area contributed by atoms with Crippen LogP contribution in [0.4, 0.5) is 10.8 Å². The van der Waals surface area contributed by atoms with Crippen molar-refractivity contribution >= 4 is 56.8 Å². The van der Waals surface area contributed by atoms with Crippen LogP contribution in [-0.4, -0.2) is 34.6 Å². The molecule has 0 saturated heterocycles. The van der Waals surface area contributed by atoms with Crippen LogP contribution in [0.1, 0.15) is 30.6 Å². The van der Waals surface area contributed by atoms with E-state index < -0.39 is 24.8 Å². The molecule has 11 heteroatoms. The third-order valence-corrected chi connectivity index (χ3v) is 8.32. The summed E-state index contributed by atoms with van der Waals surface area (Å²) in [4.78, 5) is 39.7. The summed E-state index contributed by atoms with van der Waals surface area (Å²) in [7, 11) is -3.88. The maximum atomic E-state index is 12.7. The topological polar surface area (TPSA) is 131 Å². The van der Waals surface area contributed by atoms with Crippen molar-refractivity contribution in [3.63, 3.8) is 0 Å². The molecular formula is C23H24N3O6PS. The van der Waals surface area contributed by atoms with Gasteiger partial charge in [0.25, 0.3) is 5.91 Å². The van der Waals surface area contributed by atoms with Crippen LogP contribution in [0.25, 0.3) is 21.2 Å². The lowest BCUT2D eigenvalue weighted by atomic mass is 10.1. The van der Waals surface area contributed by atoms with Crippen LogP contribution >= 0.6 is 18.9 Å². The summed E-state index contributed by atoms with van der Waals surface area (Å²) in [6.07, 6.45) is 0.321. The van der Waals surface area contributed by atoms with E-state index in [1.807, 2.05) is 24.3 Å². The second-order valence-corrected chi connectivity index (χ2v) is 10.7. The first kappa shape index (κ1) is 24.1. The maximum Gasteiger partial charge on any atom is 0.349 e. The minimum Gasteiger partial charge on any atom is -0.422 e. The van der Waals surface area contributed by atoms with Gasteiger partial charge in [-0.1, -0.05) is 30.4 Å². The van der Waals surface area contributed by atoms with Crippen LogP contribution in [0, 0.1) is 0 Å². The van der Waals surface area contributed by atoms with E-state index in [0.717, 1.165) is 15.9 Å². The molecular weight excluding hydrogens is 477 g/mol. The van der Waals surface area contributed by atoms with Crippen molar-refractivity contribution in [3.8, 4) is 0 Å². The number of carbonyl (C=O) groups excluding carboxylic acids is 1. The average Bonchev–Trinajstić information content (AvgIpc) is 3.21. The number of thiazole rings is 1. The SMILES string of the molecule is CCOP(=O)(O)C(CC)CNC(=O)c1cc2cc(Nc3nc4ccccc4s3)ccc2oc1=O. The van der Waals surface area contributed by atoms with Gasteiger partial charge < -0.3 is 24.5 Å². The molecule has 3 N–H and O–H groups in total. The number of rotatable bonds is 9. The van der Waals surface area contributed by atoms with Gasteiger partial charge in [-0.15, -0.1) is 0 Å². The van der Waals surface area contributed by atoms with E-state index in [0.29, 0.717) is 22.5 Å². The van der Waals surface area contributed by atoms with Crippen LogP contribution in [-0.2, 0) is 9.09 Å². The summed E-state index contributed by atoms with van der Waals surface area (Å²) in [5, 5.41) is 7.05. The molecule has 2 aromatic carbocycles. The van der Waals surface area contributed by atoms with Crippen LogP contribution in [0.15, 0.2) is 57.7 Å². The molecule has 2 unspecified atom stereocenters. The number of anilines is 2. The van der Waals surface area contributed by atoms with Crippen molar-refractivity contribution in [2.75, 3.05) is 18.5 Å². The van der Waals surface area contributed by atoms with Crippen LogP contribution in [0.3, 0.4) is 0 Å². The molecule has 9 nitrogen and oxygen atoms in total. The highest BCUT2D eigenvalue weighted by Crippen LogP contribution is 2.48. The molecule has 0 spiro atoms. The molecule has 34 heavy (non-hydrogen) atoms. The molecule has 2 aromatic heterocycles. The predicted octanol–water partition coefficient (Wildman–Crippen LogP) is 4.88. The zero-order chi connectivity index (χ0) is 24.3. The number of carbonyl (C=O) groups is 1. The fourth-order valence-corrected chi connectivity index (χ4v) is 5.75. The lowest BCUT2D eigenvalue weighted by Gasteiger charge is -2.21. The van der Waals surface area contributed by atoms with E-state index in [1.54, 1.807) is 32.0 Å². The van der Waals surface area contributed by atoms with Gasteiger partial charge in [0, 0.05) is 17.6 Å². The highest BCUT2D eigenvalue weighted by molar-refractivity contribution is 7.53. The largest absolute Gasteiger partial charge is 0.422 e. The standard InChI is InChI=1S/C23H24N3O6PS/c1-3-16(33(29,30)31-4-2)13-24-21(27)17-12-14-11-15(9-10-19(14)32-22(17)28)25-23-26-18-7-5-6-8-20(18)34-23/h5-12,16H,3-4,13H2,1-2H3,(H,24,27)(H,25,26)(H,29,30). The second-order valence-electron chi connectivity index (χ2n) is 7.57. The number of aromatic nitrogens is 1. The molecule has 0 bridgehead atoms. The van der Waals surface area contributed by atoms with Gasteiger partial charge in [-0.25, -0.2) is 9.78 Å². The number of hydrogen-bond donors (Lipinski definition) is 3. The molecule has 0 saturated carbocycles.